The maximum absolute atomic E-state index is 2.57. The number of hydrogen-bond acceptors (Lipinski definition) is 4. The van der Waals surface area contributed by atoms with E-state index in [0.717, 1.165) is 79.0 Å². The van der Waals surface area contributed by atoms with E-state index in [0.29, 0.717) is 0 Å². The number of hydrogen-bond donors (Lipinski definition) is 0. The minimum atomic E-state index is 1.02. The van der Waals surface area contributed by atoms with Gasteiger partial charge in [0, 0.05) is 61.7 Å². The highest BCUT2D eigenvalue weighted by Gasteiger charge is 2.37. The topological polar surface area (TPSA) is 13.0 Å². The Morgan fingerprint density at radius 1 is 0.195 bits per heavy atom. The van der Waals surface area contributed by atoms with E-state index in [-0.39, 0.29) is 0 Å². The van der Waals surface area contributed by atoms with Gasteiger partial charge in [0.15, 0.2) is 0 Å². The van der Waals surface area contributed by atoms with Crippen molar-refractivity contribution in [2.24, 2.45) is 0 Å². The Bertz CT molecular complexity index is 4460. The SMILES string of the molecule is Cc1ccc(N(c2ccc(C)cc2)c2c(N(c3ccc(C)cc3)c3ccc(C)cc3)c3cc4ccc5cccc6cc7cc(N(c8ccc(C)cc8)c8ccc(C)cc8)c(c2N(c2ccc(C)cc2)c2ccc(C)cc2)c3c7c4c56)cc1. The van der Waals surface area contributed by atoms with Gasteiger partial charge in [-0.1, -0.05) is 172 Å². The van der Waals surface area contributed by atoms with Gasteiger partial charge >= 0.3 is 0 Å². The molecule has 0 aliphatic rings. The standard InChI is InChI=1S/C78H64N4/c1-49-12-30-61(31-13-49)79(62-32-14-50(2)15-33-62)70-48-60-46-58-11-9-10-57-28-29-59-47-69-74(73(60)72(59)71(57)58)75(70)77(81(65-38-20-53(5)21-39-65)66-40-22-54(6)23-41-66)78(82(67-42-24-55(7)25-43-67)68-44-26-56(8)27-45-68)76(69)80(63-34-16-51(3)17-35-63)64-36-18-52(4)19-37-64/h9-48H,1-8H3. The van der Waals surface area contributed by atoms with Crippen LogP contribution in [0.2, 0.25) is 0 Å². The molecule has 0 aliphatic heterocycles. The van der Waals surface area contributed by atoms with Gasteiger partial charge < -0.3 is 19.6 Å². The van der Waals surface area contributed by atoms with E-state index in [9.17, 15) is 0 Å². The lowest BCUT2D eigenvalue weighted by molar-refractivity contribution is 1.20. The molecule has 0 spiro atoms. The Kier molecular flexibility index (Phi) is 12.3. The predicted octanol–water partition coefficient (Wildman–Crippen LogP) is 22.7. The molecule has 0 heterocycles. The highest BCUT2D eigenvalue weighted by atomic mass is 15.3. The van der Waals surface area contributed by atoms with Crippen LogP contribution in [0.15, 0.2) is 243 Å². The van der Waals surface area contributed by atoms with Gasteiger partial charge in [0.1, 0.15) is 0 Å². The summed E-state index contributed by atoms with van der Waals surface area (Å²) in [5, 5.41) is 12.1. The summed E-state index contributed by atoms with van der Waals surface area (Å²) in [5.41, 5.74) is 22.2. The molecule has 82 heavy (non-hydrogen) atoms. The molecule has 0 fully saturated rings. The van der Waals surface area contributed by atoms with E-state index in [1.54, 1.807) is 0 Å². The number of benzene rings is 14. The molecule has 14 aromatic carbocycles. The Labute approximate surface area is 481 Å². The van der Waals surface area contributed by atoms with Crippen molar-refractivity contribution in [1.82, 2.24) is 0 Å². The highest BCUT2D eigenvalue weighted by molar-refractivity contribution is 6.42. The second kappa shape index (κ2) is 20.0. The third-order valence-electron chi connectivity index (χ3n) is 16.8. The molecule has 14 aromatic rings. The molecule has 0 atom stereocenters. The maximum atomic E-state index is 2.57. The first-order valence-corrected chi connectivity index (χ1v) is 28.6. The Morgan fingerprint density at radius 3 is 0.866 bits per heavy atom. The van der Waals surface area contributed by atoms with Crippen LogP contribution in [0.3, 0.4) is 0 Å². The zero-order chi connectivity index (χ0) is 55.9. The minimum absolute atomic E-state index is 1.02. The van der Waals surface area contributed by atoms with Gasteiger partial charge in [-0.2, -0.15) is 0 Å². The molecule has 0 radical (unpaired) electrons. The Balaban J connectivity index is 1.33. The molecule has 0 amide bonds. The fraction of sp³-hybridized carbons (Fsp3) is 0.103. The largest absolute Gasteiger partial charge is 0.310 e. The van der Waals surface area contributed by atoms with Gasteiger partial charge in [-0.05, 0) is 208 Å². The smallest absolute Gasteiger partial charge is 0.0960 e. The van der Waals surface area contributed by atoms with E-state index in [1.807, 2.05) is 0 Å². The Hall–Kier alpha value is -9.90. The van der Waals surface area contributed by atoms with Crippen LogP contribution in [-0.4, -0.2) is 0 Å². The molecule has 0 aliphatic carbocycles. The van der Waals surface area contributed by atoms with Crippen molar-refractivity contribution in [2.75, 3.05) is 19.6 Å². The molecule has 0 bridgehead atoms. The average molecular weight is 1060 g/mol. The summed E-state index contributed by atoms with van der Waals surface area (Å²) in [7, 11) is 0. The number of nitrogens with zero attached hydrogens (tertiary/aromatic N) is 4. The average Bonchev–Trinajstić information content (AvgIpc) is 1.99. The number of aryl methyl sites for hydroxylation is 8. The number of rotatable bonds is 12. The molecule has 0 saturated heterocycles. The molecule has 0 aromatic heterocycles. The summed E-state index contributed by atoms with van der Waals surface area (Å²) < 4.78 is 0. The van der Waals surface area contributed by atoms with Crippen LogP contribution in [0, 0.1) is 55.4 Å². The zero-order valence-electron chi connectivity index (χ0n) is 47.9. The summed E-state index contributed by atoms with van der Waals surface area (Å²) in [6, 6.07) is 92.0. The highest BCUT2D eigenvalue weighted by Crippen LogP contribution is 2.63. The third-order valence-corrected chi connectivity index (χ3v) is 16.8. The van der Waals surface area contributed by atoms with E-state index >= 15 is 0 Å². The monoisotopic (exact) mass is 1060 g/mol. The van der Waals surface area contributed by atoms with Crippen molar-refractivity contribution in [3.8, 4) is 0 Å². The summed E-state index contributed by atoms with van der Waals surface area (Å²) >= 11 is 0. The fourth-order valence-electron chi connectivity index (χ4n) is 12.5. The van der Waals surface area contributed by atoms with Gasteiger partial charge in [0.25, 0.3) is 0 Å². The minimum Gasteiger partial charge on any atom is -0.310 e. The molecule has 396 valence electrons. The van der Waals surface area contributed by atoms with E-state index in [1.165, 1.54) is 87.6 Å². The van der Waals surface area contributed by atoms with Crippen LogP contribution in [-0.2, 0) is 0 Å². The molecule has 0 saturated carbocycles. The number of anilines is 12. The first-order valence-electron chi connectivity index (χ1n) is 28.6. The first-order chi connectivity index (χ1) is 39.9. The van der Waals surface area contributed by atoms with Crippen LogP contribution in [0.25, 0.3) is 53.9 Å². The zero-order valence-corrected chi connectivity index (χ0v) is 47.9. The lowest BCUT2D eigenvalue weighted by Crippen LogP contribution is -2.23. The second-order valence-corrected chi connectivity index (χ2v) is 22.9. The lowest BCUT2D eigenvalue weighted by Gasteiger charge is -2.41. The summed E-state index contributed by atoms with van der Waals surface area (Å²) in [6.45, 7) is 17.5. The second-order valence-electron chi connectivity index (χ2n) is 22.9. The fourth-order valence-corrected chi connectivity index (χ4v) is 12.5. The summed E-state index contributed by atoms with van der Waals surface area (Å²) in [6.07, 6.45) is 0. The third kappa shape index (κ3) is 8.62. The van der Waals surface area contributed by atoms with Gasteiger partial charge in [0.05, 0.1) is 22.7 Å². The van der Waals surface area contributed by atoms with Crippen molar-refractivity contribution in [1.29, 1.82) is 0 Å². The van der Waals surface area contributed by atoms with Crippen LogP contribution in [0.4, 0.5) is 68.2 Å². The lowest BCUT2D eigenvalue weighted by atomic mass is 9.83. The quantitative estimate of drug-likeness (QED) is 0.0893. The van der Waals surface area contributed by atoms with Crippen LogP contribution in [0.1, 0.15) is 44.5 Å². The van der Waals surface area contributed by atoms with Crippen LogP contribution in [0.5, 0.6) is 0 Å². The van der Waals surface area contributed by atoms with Crippen molar-refractivity contribution >= 4 is 122 Å². The molecular formula is C78H64N4. The van der Waals surface area contributed by atoms with Crippen molar-refractivity contribution in [2.45, 2.75) is 55.4 Å². The predicted molar refractivity (Wildman–Crippen MR) is 353 cm³/mol. The molecule has 4 heteroatoms. The van der Waals surface area contributed by atoms with E-state index in [2.05, 4.69) is 318 Å². The molecule has 14 rings (SSSR count). The van der Waals surface area contributed by atoms with Crippen molar-refractivity contribution < 1.29 is 0 Å². The van der Waals surface area contributed by atoms with Gasteiger partial charge in [0.2, 0.25) is 0 Å². The van der Waals surface area contributed by atoms with Gasteiger partial charge in [-0.25, -0.2) is 0 Å². The Morgan fingerprint density at radius 2 is 0.488 bits per heavy atom. The van der Waals surface area contributed by atoms with Gasteiger partial charge in [-0.3, -0.25) is 0 Å². The van der Waals surface area contributed by atoms with Crippen molar-refractivity contribution in [3.05, 3.63) is 287 Å². The maximum Gasteiger partial charge on any atom is 0.0960 e. The van der Waals surface area contributed by atoms with E-state index in [4.69, 9.17) is 0 Å². The summed E-state index contributed by atoms with van der Waals surface area (Å²) in [4.78, 5) is 10.2. The molecule has 0 unspecified atom stereocenters. The summed E-state index contributed by atoms with van der Waals surface area (Å²) in [5.74, 6) is 0. The van der Waals surface area contributed by atoms with Crippen LogP contribution < -0.4 is 19.6 Å². The first kappa shape index (κ1) is 50.3. The molecule has 0 N–H and O–H groups in total. The normalized spacial score (nSPS) is 11.7. The molecular weight excluding hydrogens is 993 g/mol. The van der Waals surface area contributed by atoms with Crippen molar-refractivity contribution in [3.63, 3.8) is 0 Å². The van der Waals surface area contributed by atoms with Crippen LogP contribution >= 0.6 is 0 Å². The van der Waals surface area contributed by atoms with E-state index < -0.39 is 0 Å². The van der Waals surface area contributed by atoms with Gasteiger partial charge in [-0.15, -0.1) is 0 Å². The molecule has 4 nitrogen and oxygen atoms in total.